The summed E-state index contributed by atoms with van der Waals surface area (Å²) in [5.41, 5.74) is 1.83. The molecule has 0 radical (unpaired) electrons. The Bertz CT molecular complexity index is 1280. The Kier molecular flexibility index (Phi) is 17.6. The Morgan fingerprint density at radius 2 is 1.58 bits per heavy atom. The van der Waals surface area contributed by atoms with Gasteiger partial charge in [-0.15, -0.1) is 0 Å². The fraction of sp³-hybridized carbons (Fsp3) is 0.543. The number of hydrogen-bond donors (Lipinski definition) is 3. The quantitative estimate of drug-likeness (QED) is 0.102. The molecule has 0 spiro atoms. The maximum atomic E-state index is 14.0. The van der Waals surface area contributed by atoms with Gasteiger partial charge in [0.1, 0.15) is 12.6 Å². The maximum absolute atomic E-state index is 14.0. The van der Waals surface area contributed by atoms with E-state index in [-0.39, 0.29) is 57.9 Å². The number of carbonyl (C=O) groups is 4. The second kappa shape index (κ2) is 21.0. The van der Waals surface area contributed by atoms with E-state index in [4.69, 9.17) is 23.7 Å². The van der Waals surface area contributed by atoms with Crippen molar-refractivity contribution >= 4 is 30.0 Å². The van der Waals surface area contributed by atoms with Gasteiger partial charge in [-0.05, 0) is 49.9 Å². The summed E-state index contributed by atoms with van der Waals surface area (Å²) in [5, 5.41) is 8.29. The Labute approximate surface area is 284 Å². The number of alkyl carbamates (subject to hydrolysis) is 1. The third-order valence-electron chi connectivity index (χ3n) is 7.06. The fourth-order valence-corrected chi connectivity index (χ4v) is 4.79. The maximum Gasteiger partial charge on any atom is 0.407 e. The monoisotopic (exact) mass is 672 g/mol. The van der Waals surface area contributed by atoms with Gasteiger partial charge in [-0.2, -0.15) is 0 Å². The minimum absolute atomic E-state index is 0.127. The van der Waals surface area contributed by atoms with Gasteiger partial charge in [0.15, 0.2) is 6.29 Å². The van der Waals surface area contributed by atoms with Crippen molar-refractivity contribution in [2.75, 3.05) is 59.1 Å². The van der Waals surface area contributed by atoms with Crippen molar-refractivity contribution in [1.82, 2.24) is 15.5 Å². The lowest BCUT2D eigenvalue weighted by atomic mass is 9.97. The Morgan fingerprint density at radius 1 is 0.917 bits per heavy atom. The molecule has 48 heavy (non-hydrogen) atoms. The van der Waals surface area contributed by atoms with Gasteiger partial charge < -0.3 is 44.5 Å². The molecule has 0 fully saturated rings. The minimum Gasteiger partial charge on any atom is -0.445 e. The lowest BCUT2D eigenvalue weighted by Gasteiger charge is -2.35. The van der Waals surface area contributed by atoms with Gasteiger partial charge in [0, 0.05) is 50.5 Å². The molecule has 1 atom stereocenters. The number of hydrogen-bond acceptors (Lipinski definition) is 9. The number of carbonyl (C=O) groups excluding carboxylic acids is 4. The molecule has 1 unspecified atom stereocenters. The molecule has 3 N–H and O–H groups in total. The fourth-order valence-electron chi connectivity index (χ4n) is 4.79. The third-order valence-corrected chi connectivity index (χ3v) is 7.06. The summed E-state index contributed by atoms with van der Waals surface area (Å²) in [6.45, 7) is 10.9. The van der Waals surface area contributed by atoms with Crippen LogP contribution in [0.15, 0.2) is 48.5 Å². The van der Waals surface area contributed by atoms with Crippen LogP contribution in [-0.2, 0) is 46.3 Å². The van der Waals surface area contributed by atoms with Crippen LogP contribution in [0.3, 0.4) is 0 Å². The van der Waals surface area contributed by atoms with E-state index in [0.717, 1.165) is 5.56 Å². The van der Waals surface area contributed by atoms with Gasteiger partial charge >= 0.3 is 6.09 Å². The van der Waals surface area contributed by atoms with Gasteiger partial charge in [-0.1, -0.05) is 50.2 Å². The highest BCUT2D eigenvalue weighted by Gasteiger charge is 2.34. The summed E-state index contributed by atoms with van der Waals surface area (Å²) in [4.78, 5) is 52.3. The molecule has 0 saturated carbocycles. The van der Waals surface area contributed by atoms with E-state index >= 15 is 0 Å². The molecule has 0 aliphatic rings. The molecule has 0 heterocycles. The number of nitrogens with one attached hydrogen (secondary N) is 3. The number of nitrogens with zero attached hydrogens (tertiary/aromatic N) is 1. The van der Waals surface area contributed by atoms with Crippen molar-refractivity contribution in [1.29, 1.82) is 0 Å². The number of amides is 4. The zero-order chi connectivity index (χ0) is 35.5. The molecule has 13 heteroatoms. The molecule has 0 bridgehead atoms. The summed E-state index contributed by atoms with van der Waals surface area (Å²) >= 11 is 0. The minimum atomic E-state index is -0.794. The van der Waals surface area contributed by atoms with E-state index in [1.165, 1.54) is 19.1 Å². The standard InChI is InChI=1S/C35H52N4O9/c1-25(2)31(32(41)38-35(3,4)5)39(33(42)28-14-13-27(22-30(44-6)45-7)29(21-28)37-24-40)16-18-47-20-19-46-17-15-36-34(43)48-23-26-11-9-8-10-12-26/h8-14,21,24-25,30-31H,15-20,22-23H2,1-7H3,(H,36,43)(H,37,40)(H,38,41). The average Bonchev–Trinajstić information content (AvgIpc) is 3.04. The van der Waals surface area contributed by atoms with Gasteiger partial charge in [-0.3, -0.25) is 14.4 Å². The van der Waals surface area contributed by atoms with Crippen LogP contribution >= 0.6 is 0 Å². The van der Waals surface area contributed by atoms with E-state index in [9.17, 15) is 19.2 Å². The predicted molar refractivity (Wildman–Crippen MR) is 181 cm³/mol. The summed E-state index contributed by atoms with van der Waals surface area (Å²) in [5.74, 6) is -0.893. The Balaban J connectivity index is 2.01. The Hall–Kier alpha value is -4.04. The number of methoxy groups -OCH3 is 2. The predicted octanol–water partition coefficient (Wildman–Crippen LogP) is 3.76. The van der Waals surface area contributed by atoms with Crippen molar-refractivity contribution in [3.63, 3.8) is 0 Å². The molecule has 13 nitrogen and oxygen atoms in total. The van der Waals surface area contributed by atoms with Gasteiger partial charge in [-0.25, -0.2) is 4.79 Å². The lowest BCUT2D eigenvalue weighted by molar-refractivity contribution is -0.128. The molecule has 0 saturated heterocycles. The van der Waals surface area contributed by atoms with Crippen molar-refractivity contribution < 1.29 is 42.9 Å². The first kappa shape index (κ1) is 40.1. The van der Waals surface area contributed by atoms with Crippen LogP contribution in [0.1, 0.15) is 56.1 Å². The molecular formula is C35H52N4O9. The zero-order valence-corrected chi connectivity index (χ0v) is 29.2. The third kappa shape index (κ3) is 14.4. The second-order valence-electron chi connectivity index (χ2n) is 12.4. The van der Waals surface area contributed by atoms with E-state index in [0.29, 0.717) is 29.6 Å². The smallest absolute Gasteiger partial charge is 0.407 e. The number of rotatable bonds is 21. The first-order chi connectivity index (χ1) is 22.9. The van der Waals surface area contributed by atoms with Crippen LogP contribution in [0, 0.1) is 5.92 Å². The highest BCUT2D eigenvalue weighted by atomic mass is 16.7. The molecule has 2 rings (SSSR count). The van der Waals surface area contributed by atoms with Crippen LogP contribution in [0.4, 0.5) is 10.5 Å². The van der Waals surface area contributed by atoms with E-state index in [1.807, 2.05) is 65.0 Å². The molecule has 2 aromatic rings. The largest absolute Gasteiger partial charge is 0.445 e. The van der Waals surface area contributed by atoms with E-state index in [2.05, 4.69) is 16.0 Å². The zero-order valence-electron chi connectivity index (χ0n) is 29.2. The van der Waals surface area contributed by atoms with Crippen LogP contribution < -0.4 is 16.0 Å². The van der Waals surface area contributed by atoms with Crippen molar-refractivity contribution in [3.8, 4) is 0 Å². The molecule has 4 amide bonds. The lowest BCUT2D eigenvalue weighted by Crippen LogP contribution is -2.56. The number of anilines is 1. The second-order valence-corrected chi connectivity index (χ2v) is 12.4. The SMILES string of the molecule is COC(Cc1ccc(C(=O)N(CCOCCOCCNC(=O)OCc2ccccc2)C(C(=O)NC(C)(C)C)C(C)C)cc1NC=O)OC. The highest BCUT2D eigenvalue weighted by molar-refractivity contribution is 5.99. The van der Waals surface area contributed by atoms with Gasteiger partial charge in [0.2, 0.25) is 12.3 Å². The molecule has 266 valence electrons. The molecule has 0 aromatic heterocycles. The number of benzene rings is 2. The first-order valence-corrected chi connectivity index (χ1v) is 16.0. The van der Waals surface area contributed by atoms with Gasteiger partial charge in [0.05, 0.1) is 26.4 Å². The van der Waals surface area contributed by atoms with Crippen molar-refractivity contribution in [3.05, 3.63) is 65.2 Å². The van der Waals surface area contributed by atoms with Crippen LogP contribution in [0.2, 0.25) is 0 Å². The normalized spacial score (nSPS) is 12.0. The highest BCUT2D eigenvalue weighted by Crippen LogP contribution is 2.23. The Morgan fingerprint density at radius 3 is 2.19 bits per heavy atom. The molecular weight excluding hydrogens is 620 g/mol. The summed E-state index contributed by atoms with van der Waals surface area (Å²) < 4.78 is 27.1. The molecule has 2 aromatic carbocycles. The summed E-state index contributed by atoms with van der Waals surface area (Å²) in [6.07, 6.45) is -0.192. The van der Waals surface area contributed by atoms with E-state index < -0.39 is 29.9 Å². The summed E-state index contributed by atoms with van der Waals surface area (Å²) in [6, 6.07) is 13.6. The summed E-state index contributed by atoms with van der Waals surface area (Å²) in [7, 11) is 3.04. The molecule has 0 aliphatic carbocycles. The topological polar surface area (TPSA) is 154 Å². The van der Waals surface area contributed by atoms with E-state index in [1.54, 1.807) is 18.2 Å². The van der Waals surface area contributed by atoms with Crippen LogP contribution in [0.5, 0.6) is 0 Å². The first-order valence-electron chi connectivity index (χ1n) is 16.0. The van der Waals surface area contributed by atoms with Crippen molar-refractivity contribution in [2.45, 2.75) is 65.5 Å². The van der Waals surface area contributed by atoms with Crippen LogP contribution in [-0.4, -0.2) is 101 Å². The molecule has 0 aliphatic heterocycles. The number of ether oxygens (including phenoxy) is 5. The van der Waals surface area contributed by atoms with Crippen LogP contribution in [0.25, 0.3) is 0 Å². The van der Waals surface area contributed by atoms with Gasteiger partial charge in [0.25, 0.3) is 5.91 Å². The average molecular weight is 673 g/mol. The van der Waals surface area contributed by atoms with Crippen molar-refractivity contribution in [2.24, 2.45) is 5.92 Å².